The Morgan fingerprint density at radius 1 is 0.708 bits per heavy atom. The summed E-state index contributed by atoms with van der Waals surface area (Å²) in [6.45, 7) is 0. The maximum atomic E-state index is 11.7. The van der Waals surface area contributed by atoms with Crippen LogP contribution >= 0.6 is 0 Å². The molecule has 0 atom stereocenters. The highest BCUT2D eigenvalue weighted by molar-refractivity contribution is 5.82. The fourth-order valence-electron chi connectivity index (χ4n) is 2.21. The lowest BCUT2D eigenvalue weighted by Gasteiger charge is -2.08. The number of amides is 2. The molecule has 6 heteroatoms. The summed E-state index contributed by atoms with van der Waals surface area (Å²) in [5.41, 5.74) is 6.04. The maximum absolute atomic E-state index is 11.7. The van der Waals surface area contributed by atoms with Crippen molar-refractivity contribution in [2.45, 2.75) is 25.7 Å². The molecule has 0 aliphatic rings. The molecule has 2 amide bonds. The van der Waals surface area contributed by atoms with Crippen LogP contribution in [0.3, 0.4) is 0 Å². The van der Waals surface area contributed by atoms with Gasteiger partial charge in [0, 0.05) is 12.8 Å². The van der Waals surface area contributed by atoms with Crippen molar-refractivity contribution in [3.8, 4) is 11.5 Å². The second-order valence-corrected chi connectivity index (χ2v) is 5.35. The van der Waals surface area contributed by atoms with Crippen LogP contribution in [0.1, 0.15) is 24.0 Å². The number of para-hydroxylation sites is 2. The predicted octanol–water partition coefficient (Wildman–Crippen LogP) is 1.81. The van der Waals surface area contributed by atoms with Crippen molar-refractivity contribution in [2.24, 2.45) is 0 Å². The van der Waals surface area contributed by atoms with Crippen molar-refractivity contribution < 1.29 is 19.8 Å². The number of rotatable bonds is 6. The standard InChI is InChI=1S/C18H20N2O4/c21-15-7-3-1-5-13(15)9-11-17(23)19-20-18(24)12-10-14-6-2-4-8-16(14)22/h1-8,21-22H,9-12H2,(H,19,23)(H,20,24). The molecular formula is C18H20N2O4. The van der Waals surface area contributed by atoms with Crippen LogP contribution in [0.25, 0.3) is 0 Å². The van der Waals surface area contributed by atoms with Gasteiger partial charge in [-0.1, -0.05) is 36.4 Å². The van der Waals surface area contributed by atoms with E-state index in [0.717, 1.165) is 0 Å². The minimum absolute atomic E-state index is 0.150. The summed E-state index contributed by atoms with van der Waals surface area (Å²) in [5, 5.41) is 19.2. The molecule has 0 fully saturated rings. The van der Waals surface area contributed by atoms with E-state index in [1.165, 1.54) is 0 Å². The summed E-state index contributed by atoms with van der Waals surface area (Å²) in [7, 11) is 0. The van der Waals surface area contributed by atoms with E-state index < -0.39 is 0 Å². The Morgan fingerprint density at radius 3 is 1.46 bits per heavy atom. The number of carbonyl (C=O) groups excluding carboxylic acids is 2. The highest BCUT2D eigenvalue weighted by Gasteiger charge is 2.08. The first-order chi connectivity index (χ1) is 11.6. The van der Waals surface area contributed by atoms with Crippen LogP contribution in [-0.2, 0) is 22.4 Å². The van der Waals surface area contributed by atoms with Crippen LogP contribution in [0.2, 0.25) is 0 Å². The lowest BCUT2D eigenvalue weighted by molar-refractivity contribution is -0.128. The predicted molar refractivity (Wildman–Crippen MR) is 89.1 cm³/mol. The zero-order valence-corrected chi connectivity index (χ0v) is 13.2. The van der Waals surface area contributed by atoms with Crippen LogP contribution in [0.5, 0.6) is 11.5 Å². The SMILES string of the molecule is O=C(CCc1ccccc1O)NNC(=O)CCc1ccccc1O. The molecule has 0 aliphatic carbocycles. The van der Waals surface area contributed by atoms with Crippen molar-refractivity contribution in [2.75, 3.05) is 0 Å². The van der Waals surface area contributed by atoms with Crippen LogP contribution in [0.15, 0.2) is 48.5 Å². The third-order valence-corrected chi connectivity index (χ3v) is 3.57. The quantitative estimate of drug-likeness (QED) is 0.608. The molecule has 6 nitrogen and oxygen atoms in total. The van der Waals surface area contributed by atoms with Gasteiger partial charge >= 0.3 is 0 Å². The lowest BCUT2D eigenvalue weighted by atomic mass is 10.1. The molecule has 0 unspecified atom stereocenters. The molecule has 0 saturated heterocycles. The molecule has 0 aromatic heterocycles. The molecule has 0 saturated carbocycles. The molecule has 24 heavy (non-hydrogen) atoms. The van der Waals surface area contributed by atoms with Gasteiger partial charge in [0.1, 0.15) is 11.5 Å². The highest BCUT2D eigenvalue weighted by Crippen LogP contribution is 2.17. The van der Waals surface area contributed by atoms with Gasteiger partial charge in [-0.25, -0.2) is 0 Å². The number of phenols is 2. The van der Waals surface area contributed by atoms with E-state index in [2.05, 4.69) is 10.9 Å². The number of nitrogens with one attached hydrogen (secondary N) is 2. The van der Waals surface area contributed by atoms with E-state index in [1.54, 1.807) is 48.5 Å². The Labute approximate surface area is 140 Å². The van der Waals surface area contributed by atoms with E-state index in [1.807, 2.05) is 0 Å². The van der Waals surface area contributed by atoms with Crippen LogP contribution in [0, 0.1) is 0 Å². The number of hydrogen-bond acceptors (Lipinski definition) is 4. The monoisotopic (exact) mass is 328 g/mol. The fourth-order valence-corrected chi connectivity index (χ4v) is 2.21. The summed E-state index contributed by atoms with van der Waals surface area (Å²) in [6, 6.07) is 13.6. The summed E-state index contributed by atoms with van der Waals surface area (Å²) in [6.07, 6.45) is 1.06. The minimum Gasteiger partial charge on any atom is -0.508 e. The van der Waals surface area contributed by atoms with Crippen molar-refractivity contribution in [3.05, 3.63) is 59.7 Å². The van der Waals surface area contributed by atoms with Gasteiger partial charge in [0.15, 0.2) is 0 Å². The largest absolute Gasteiger partial charge is 0.508 e. The third-order valence-electron chi connectivity index (χ3n) is 3.57. The Kier molecular flexibility index (Phi) is 6.19. The topological polar surface area (TPSA) is 98.7 Å². The summed E-state index contributed by atoms with van der Waals surface area (Å²) >= 11 is 0. The second kappa shape index (κ2) is 8.57. The number of aryl methyl sites for hydroxylation is 2. The Bertz CT molecular complexity index is 654. The van der Waals surface area contributed by atoms with E-state index in [4.69, 9.17) is 0 Å². The molecule has 4 N–H and O–H groups in total. The number of hydrogen-bond donors (Lipinski definition) is 4. The Balaban J connectivity index is 1.69. The first kappa shape index (κ1) is 17.3. The van der Waals surface area contributed by atoms with E-state index in [0.29, 0.717) is 24.0 Å². The van der Waals surface area contributed by atoms with Crippen LogP contribution < -0.4 is 10.9 Å². The normalized spacial score (nSPS) is 10.2. The van der Waals surface area contributed by atoms with Gasteiger partial charge in [-0.05, 0) is 36.1 Å². The van der Waals surface area contributed by atoms with Crippen molar-refractivity contribution in [1.82, 2.24) is 10.9 Å². The smallest absolute Gasteiger partial charge is 0.238 e. The number of carbonyl (C=O) groups is 2. The molecular weight excluding hydrogens is 308 g/mol. The zero-order valence-electron chi connectivity index (χ0n) is 13.2. The molecule has 2 aromatic carbocycles. The molecule has 2 rings (SSSR count). The fraction of sp³-hybridized carbons (Fsp3) is 0.222. The average Bonchev–Trinajstić information content (AvgIpc) is 2.58. The Morgan fingerprint density at radius 2 is 1.08 bits per heavy atom. The van der Waals surface area contributed by atoms with E-state index in [-0.39, 0.29) is 36.2 Å². The first-order valence-electron chi connectivity index (χ1n) is 7.67. The molecule has 0 radical (unpaired) electrons. The highest BCUT2D eigenvalue weighted by atomic mass is 16.3. The van der Waals surface area contributed by atoms with Crippen LogP contribution in [-0.4, -0.2) is 22.0 Å². The minimum atomic E-state index is -0.339. The number of benzene rings is 2. The van der Waals surface area contributed by atoms with Gasteiger partial charge in [-0.3, -0.25) is 20.4 Å². The van der Waals surface area contributed by atoms with Gasteiger partial charge < -0.3 is 10.2 Å². The molecule has 0 heterocycles. The van der Waals surface area contributed by atoms with Gasteiger partial charge in [0.25, 0.3) is 0 Å². The third kappa shape index (κ3) is 5.31. The molecule has 0 spiro atoms. The molecule has 0 bridgehead atoms. The number of phenolic OH excluding ortho intramolecular Hbond substituents is 2. The first-order valence-corrected chi connectivity index (χ1v) is 7.67. The van der Waals surface area contributed by atoms with Gasteiger partial charge in [0.2, 0.25) is 11.8 Å². The summed E-state index contributed by atoms with van der Waals surface area (Å²) in [5.74, 6) is -0.377. The summed E-state index contributed by atoms with van der Waals surface area (Å²) in [4.78, 5) is 23.4. The number of aromatic hydroxyl groups is 2. The van der Waals surface area contributed by atoms with Gasteiger partial charge in [-0.15, -0.1) is 0 Å². The Hall–Kier alpha value is -3.02. The zero-order chi connectivity index (χ0) is 17.4. The molecule has 126 valence electrons. The van der Waals surface area contributed by atoms with Crippen molar-refractivity contribution in [1.29, 1.82) is 0 Å². The van der Waals surface area contributed by atoms with Crippen molar-refractivity contribution >= 4 is 11.8 Å². The van der Waals surface area contributed by atoms with E-state index in [9.17, 15) is 19.8 Å². The molecule has 0 aliphatic heterocycles. The second-order valence-electron chi connectivity index (χ2n) is 5.35. The van der Waals surface area contributed by atoms with Gasteiger partial charge in [-0.2, -0.15) is 0 Å². The van der Waals surface area contributed by atoms with Gasteiger partial charge in [0.05, 0.1) is 0 Å². The molecule has 2 aromatic rings. The van der Waals surface area contributed by atoms with E-state index >= 15 is 0 Å². The summed E-state index contributed by atoms with van der Waals surface area (Å²) < 4.78 is 0. The number of hydrazine groups is 1. The van der Waals surface area contributed by atoms with Crippen molar-refractivity contribution in [3.63, 3.8) is 0 Å². The lowest BCUT2D eigenvalue weighted by Crippen LogP contribution is -2.41. The van der Waals surface area contributed by atoms with Crippen LogP contribution in [0.4, 0.5) is 0 Å². The maximum Gasteiger partial charge on any atom is 0.238 e. The average molecular weight is 328 g/mol.